The molecule has 3 aliphatic rings. The van der Waals surface area contributed by atoms with E-state index in [1.807, 2.05) is 0 Å². The van der Waals surface area contributed by atoms with E-state index in [9.17, 15) is 20.2 Å². The molecule has 0 unspecified atom stereocenters. The van der Waals surface area contributed by atoms with Crippen LogP contribution >= 0.6 is 0 Å². The maximum Gasteiger partial charge on any atom is 0.317 e. The Kier molecular flexibility index (Phi) is 2.72. The molecule has 0 N–H and O–H groups in total. The molecule has 4 rings (SSSR count). The zero-order valence-electron chi connectivity index (χ0n) is 11.6. The summed E-state index contributed by atoms with van der Waals surface area (Å²) in [6.07, 6.45) is 6.47. The molecule has 0 spiro atoms. The first-order valence-electron chi connectivity index (χ1n) is 7.32. The van der Waals surface area contributed by atoms with Crippen molar-refractivity contribution in [3.05, 3.63) is 50.6 Å². The van der Waals surface area contributed by atoms with Gasteiger partial charge in [-0.1, -0.05) is 12.2 Å². The lowest BCUT2D eigenvalue weighted by Crippen LogP contribution is -2.28. The van der Waals surface area contributed by atoms with Gasteiger partial charge in [-0.2, -0.15) is 0 Å². The van der Waals surface area contributed by atoms with Crippen LogP contribution in [0.15, 0.2) is 30.4 Å². The van der Waals surface area contributed by atoms with E-state index in [-0.39, 0.29) is 23.2 Å². The highest BCUT2D eigenvalue weighted by molar-refractivity contribution is 5.53. The first-order valence-corrected chi connectivity index (χ1v) is 7.32. The van der Waals surface area contributed by atoms with Crippen molar-refractivity contribution >= 4 is 11.4 Å². The molecule has 0 aliphatic heterocycles. The molecule has 4 bridgehead atoms. The van der Waals surface area contributed by atoms with Gasteiger partial charge in [0, 0.05) is 12.0 Å². The van der Waals surface area contributed by atoms with Gasteiger partial charge in [-0.3, -0.25) is 20.2 Å². The lowest BCUT2D eigenvalue weighted by atomic mass is 9.87. The first kappa shape index (κ1) is 13.2. The van der Waals surface area contributed by atoms with Gasteiger partial charge in [0.2, 0.25) is 0 Å². The summed E-state index contributed by atoms with van der Waals surface area (Å²) in [7, 11) is 0. The molecule has 0 amide bonds. The largest absolute Gasteiger partial charge is 0.483 e. The van der Waals surface area contributed by atoms with Crippen LogP contribution in [0.2, 0.25) is 0 Å². The third-order valence-corrected chi connectivity index (χ3v) is 5.27. The minimum Gasteiger partial charge on any atom is -0.483 e. The number of nitro groups is 2. The number of hydrogen-bond donors (Lipinski definition) is 0. The van der Waals surface area contributed by atoms with Crippen molar-refractivity contribution in [2.24, 2.45) is 23.7 Å². The highest BCUT2D eigenvalue weighted by atomic mass is 16.6. The van der Waals surface area contributed by atoms with Crippen molar-refractivity contribution in [1.29, 1.82) is 0 Å². The van der Waals surface area contributed by atoms with Gasteiger partial charge < -0.3 is 4.74 Å². The summed E-state index contributed by atoms with van der Waals surface area (Å²) in [5.74, 6) is 2.32. The van der Waals surface area contributed by atoms with Crippen LogP contribution < -0.4 is 4.74 Å². The van der Waals surface area contributed by atoms with Crippen LogP contribution in [0.25, 0.3) is 0 Å². The smallest absolute Gasteiger partial charge is 0.317 e. The second-order valence-electron chi connectivity index (χ2n) is 6.25. The van der Waals surface area contributed by atoms with Crippen LogP contribution in [-0.4, -0.2) is 16.0 Å². The van der Waals surface area contributed by atoms with Crippen molar-refractivity contribution in [2.75, 3.05) is 0 Å². The number of nitrogens with zero attached hydrogens (tertiary/aromatic N) is 2. The number of ether oxygens (including phenoxy) is 1. The van der Waals surface area contributed by atoms with Crippen LogP contribution in [-0.2, 0) is 0 Å². The van der Waals surface area contributed by atoms with Crippen molar-refractivity contribution in [3.63, 3.8) is 0 Å². The number of nitro benzene ring substituents is 2. The summed E-state index contributed by atoms with van der Waals surface area (Å²) in [6.45, 7) is 0. The van der Waals surface area contributed by atoms with Gasteiger partial charge in [-0.15, -0.1) is 0 Å². The monoisotopic (exact) mass is 302 g/mol. The lowest BCUT2D eigenvalue weighted by molar-refractivity contribution is -0.394. The molecule has 22 heavy (non-hydrogen) atoms. The highest BCUT2D eigenvalue weighted by Crippen LogP contribution is 2.58. The van der Waals surface area contributed by atoms with Crippen molar-refractivity contribution in [2.45, 2.75) is 18.9 Å². The molecule has 1 aromatic carbocycles. The Morgan fingerprint density at radius 2 is 1.86 bits per heavy atom. The normalized spacial score (nSPS) is 34.1. The molecule has 0 saturated heterocycles. The van der Waals surface area contributed by atoms with Crippen LogP contribution in [0, 0.1) is 43.9 Å². The third-order valence-electron chi connectivity index (χ3n) is 5.27. The van der Waals surface area contributed by atoms with Gasteiger partial charge in [-0.25, -0.2) is 0 Å². The van der Waals surface area contributed by atoms with Crippen LogP contribution in [0.3, 0.4) is 0 Å². The van der Waals surface area contributed by atoms with E-state index in [1.54, 1.807) is 0 Å². The molecule has 5 atom stereocenters. The predicted molar refractivity (Wildman–Crippen MR) is 76.5 cm³/mol. The molecule has 0 radical (unpaired) electrons. The zero-order chi connectivity index (χ0) is 15.4. The summed E-state index contributed by atoms with van der Waals surface area (Å²) in [5, 5.41) is 21.9. The quantitative estimate of drug-likeness (QED) is 0.484. The number of benzene rings is 1. The number of rotatable bonds is 4. The van der Waals surface area contributed by atoms with Crippen molar-refractivity contribution in [3.8, 4) is 5.75 Å². The summed E-state index contributed by atoms with van der Waals surface area (Å²) in [4.78, 5) is 20.6. The fourth-order valence-electron chi connectivity index (χ4n) is 4.36. The van der Waals surface area contributed by atoms with E-state index in [1.165, 1.54) is 12.1 Å². The Hall–Kier alpha value is -2.44. The Bertz CT molecular complexity index is 701. The highest BCUT2D eigenvalue weighted by Gasteiger charge is 2.55. The average Bonchev–Trinajstić information content (AvgIpc) is 3.14. The molecule has 7 heteroatoms. The fourth-order valence-corrected chi connectivity index (χ4v) is 4.36. The number of hydrogen-bond acceptors (Lipinski definition) is 5. The lowest BCUT2D eigenvalue weighted by Gasteiger charge is -2.27. The second kappa shape index (κ2) is 4.53. The molecular formula is C15H14N2O5. The van der Waals surface area contributed by atoms with E-state index in [2.05, 4.69) is 12.2 Å². The molecule has 0 aromatic heterocycles. The van der Waals surface area contributed by atoms with Crippen LogP contribution in [0.4, 0.5) is 11.4 Å². The Balaban J connectivity index is 1.60. The minimum absolute atomic E-state index is 0.0312. The summed E-state index contributed by atoms with van der Waals surface area (Å²) in [5.41, 5.74) is -0.633. The SMILES string of the molecule is O=[N+]([O-])c1ccc(O[C@@H]2C[C@H]3[C@H]4C=C[C@H]3C[C@H]42)c([N+](=O)[O-])c1. The van der Waals surface area contributed by atoms with Gasteiger partial charge in [0.1, 0.15) is 6.10 Å². The Morgan fingerprint density at radius 3 is 2.50 bits per heavy atom. The summed E-state index contributed by atoms with van der Waals surface area (Å²) in [6, 6.07) is 3.56. The average molecular weight is 302 g/mol. The molecule has 0 heterocycles. The van der Waals surface area contributed by atoms with E-state index < -0.39 is 9.85 Å². The topological polar surface area (TPSA) is 95.5 Å². The first-order chi connectivity index (χ1) is 10.5. The van der Waals surface area contributed by atoms with Gasteiger partial charge in [0.25, 0.3) is 5.69 Å². The van der Waals surface area contributed by atoms with E-state index in [0.717, 1.165) is 18.9 Å². The van der Waals surface area contributed by atoms with E-state index >= 15 is 0 Å². The molecule has 2 fully saturated rings. The van der Waals surface area contributed by atoms with E-state index in [0.29, 0.717) is 23.7 Å². The maximum absolute atomic E-state index is 11.1. The van der Waals surface area contributed by atoms with Crippen molar-refractivity contribution in [1.82, 2.24) is 0 Å². The second-order valence-corrected chi connectivity index (χ2v) is 6.25. The van der Waals surface area contributed by atoms with Gasteiger partial charge >= 0.3 is 5.69 Å². The Labute approximate surface area is 125 Å². The number of non-ortho nitro benzene ring substituents is 1. The summed E-state index contributed by atoms with van der Waals surface area (Å²) < 4.78 is 5.89. The Morgan fingerprint density at radius 1 is 1.05 bits per heavy atom. The maximum atomic E-state index is 11.1. The van der Waals surface area contributed by atoms with Gasteiger partial charge in [0.15, 0.2) is 5.75 Å². The zero-order valence-corrected chi connectivity index (χ0v) is 11.6. The fraction of sp³-hybridized carbons (Fsp3) is 0.467. The molecule has 1 aromatic rings. The predicted octanol–water partition coefficient (Wildman–Crippen LogP) is 3.09. The standard InChI is InChI=1S/C15H14N2O5/c18-16(19)9-2-4-14(13(6-9)17(20)21)22-15-7-11-8-1-3-10(11)12(15)5-8/h1-4,6,8,10-12,15H,5,7H2/t8-,10+,11+,12+,15+/m0/s1. The van der Waals surface area contributed by atoms with Crippen molar-refractivity contribution < 1.29 is 14.6 Å². The van der Waals surface area contributed by atoms with Gasteiger partial charge in [-0.05, 0) is 36.7 Å². The van der Waals surface area contributed by atoms with E-state index in [4.69, 9.17) is 4.74 Å². The molecule has 3 aliphatic carbocycles. The van der Waals surface area contributed by atoms with Gasteiger partial charge in [0.05, 0.1) is 15.9 Å². The molecule has 7 nitrogen and oxygen atoms in total. The van der Waals surface area contributed by atoms with Crippen LogP contribution in [0.1, 0.15) is 12.8 Å². The minimum atomic E-state index is -0.641. The number of allylic oxidation sites excluding steroid dienone is 2. The van der Waals surface area contributed by atoms with Crippen LogP contribution in [0.5, 0.6) is 5.75 Å². The molecular weight excluding hydrogens is 288 g/mol. The summed E-state index contributed by atoms with van der Waals surface area (Å²) >= 11 is 0. The third kappa shape index (κ3) is 1.81. The molecule has 114 valence electrons. The molecule has 2 saturated carbocycles.